The van der Waals surface area contributed by atoms with Gasteiger partial charge in [-0.2, -0.15) is 4.40 Å². The summed E-state index contributed by atoms with van der Waals surface area (Å²) < 4.78 is 22.2. The van der Waals surface area contributed by atoms with Crippen molar-refractivity contribution in [1.29, 1.82) is 0 Å². The molecule has 3 heterocycles. The van der Waals surface area contributed by atoms with Crippen LogP contribution in [0.5, 0.6) is 0 Å². The molecule has 9 nitrogen and oxygen atoms in total. The Balaban J connectivity index is 2.13. The van der Waals surface area contributed by atoms with Crippen LogP contribution in [0.4, 0.5) is 10.6 Å². The van der Waals surface area contributed by atoms with Crippen LogP contribution >= 0.6 is 0 Å². The van der Waals surface area contributed by atoms with E-state index in [9.17, 15) is 13.8 Å². The number of pyridine rings is 1. The normalized spacial score (nSPS) is 19.6. The summed E-state index contributed by atoms with van der Waals surface area (Å²) in [6.07, 6.45) is 6.20. The minimum absolute atomic E-state index is 0.0793. The quantitative estimate of drug-likeness (QED) is 0.468. The fraction of sp³-hybridized carbons (Fsp3) is 0.714. The molecule has 2 amide bonds. The van der Waals surface area contributed by atoms with E-state index < -0.39 is 27.4 Å². The standard InChI is InChI=1S/C28H45N5O4S/c1-20-13-12-16-33(20)24-17-21(25(34)32-14-10-9-11-15-32)22(18-29-38(36)28(5,6)7)23(30-24)19-31(8)26(35)37-27(2,3)4/h17-18,20H,9-16,19H2,1-8H3/t20-,38+/m1/s1. The highest BCUT2D eigenvalue weighted by atomic mass is 32.2. The summed E-state index contributed by atoms with van der Waals surface area (Å²) in [5.74, 6) is 0.640. The molecule has 2 fully saturated rings. The van der Waals surface area contributed by atoms with E-state index in [-0.39, 0.29) is 12.5 Å². The molecule has 0 spiro atoms. The number of aromatic nitrogens is 1. The third-order valence-corrected chi connectivity index (χ3v) is 8.08. The van der Waals surface area contributed by atoms with Crippen LogP contribution in [0.2, 0.25) is 0 Å². The first-order valence-electron chi connectivity index (χ1n) is 13.7. The van der Waals surface area contributed by atoms with Crippen molar-refractivity contribution < 1.29 is 18.5 Å². The average Bonchev–Trinajstić information content (AvgIpc) is 3.26. The Labute approximate surface area is 230 Å². The van der Waals surface area contributed by atoms with Gasteiger partial charge in [-0.3, -0.25) is 4.79 Å². The minimum Gasteiger partial charge on any atom is -0.444 e. The molecule has 0 aromatic carbocycles. The van der Waals surface area contributed by atoms with Crippen molar-refractivity contribution >= 4 is 35.0 Å². The lowest BCUT2D eigenvalue weighted by molar-refractivity contribution is 0.0283. The van der Waals surface area contributed by atoms with Gasteiger partial charge in [-0.25, -0.2) is 14.0 Å². The van der Waals surface area contributed by atoms with E-state index in [0.29, 0.717) is 36.0 Å². The predicted octanol–water partition coefficient (Wildman–Crippen LogP) is 4.94. The first kappa shape index (κ1) is 30.1. The van der Waals surface area contributed by atoms with Crippen LogP contribution in [0.15, 0.2) is 10.5 Å². The van der Waals surface area contributed by atoms with Crippen molar-refractivity contribution in [2.75, 3.05) is 31.6 Å². The maximum atomic E-state index is 13.9. The van der Waals surface area contributed by atoms with Gasteiger partial charge in [0.15, 0.2) is 0 Å². The number of rotatable bonds is 6. The maximum Gasteiger partial charge on any atom is 0.410 e. The van der Waals surface area contributed by atoms with Crippen molar-refractivity contribution in [3.8, 4) is 0 Å². The Morgan fingerprint density at radius 3 is 2.34 bits per heavy atom. The van der Waals surface area contributed by atoms with Gasteiger partial charge in [0.1, 0.15) is 22.4 Å². The molecule has 212 valence electrons. The summed E-state index contributed by atoms with van der Waals surface area (Å²) in [5.41, 5.74) is 0.877. The molecule has 0 aliphatic carbocycles. The van der Waals surface area contributed by atoms with E-state index >= 15 is 0 Å². The lowest BCUT2D eigenvalue weighted by atomic mass is 10.0. The van der Waals surface area contributed by atoms with Gasteiger partial charge in [-0.15, -0.1) is 0 Å². The molecule has 10 heteroatoms. The molecule has 0 saturated carbocycles. The zero-order valence-corrected chi connectivity index (χ0v) is 25.2. The van der Waals surface area contributed by atoms with Gasteiger partial charge < -0.3 is 19.4 Å². The van der Waals surface area contributed by atoms with Gasteiger partial charge in [-0.1, -0.05) is 0 Å². The van der Waals surface area contributed by atoms with Crippen molar-refractivity contribution in [3.63, 3.8) is 0 Å². The molecule has 2 aliphatic heterocycles. The number of hydrogen-bond donors (Lipinski definition) is 0. The first-order chi connectivity index (χ1) is 17.7. The number of carbonyl (C=O) groups is 2. The van der Waals surface area contributed by atoms with Crippen molar-refractivity contribution in [2.24, 2.45) is 4.40 Å². The van der Waals surface area contributed by atoms with Crippen LogP contribution in [-0.2, 0) is 22.3 Å². The van der Waals surface area contributed by atoms with Crippen molar-refractivity contribution in [3.05, 3.63) is 22.9 Å². The molecular weight excluding hydrogens is 502 g/mol. The number of anilines is 1. The molecule has 1 aromatic heterocycles. The molecule has 0 bridgehead atoms. The highest BCUT2D eigenvalue weighted by Crippen LogP contribution is 2.29. The Kier molecular flexibility index (Phi) is 9.60. The summed E-state index contributed by atoms with van der Waals surface area (Å²) in [6.45, 7) is 15.6. The molecule has 0 unspecified atom stereocenters. The van der Waals surface area contributed by atoms with E-state index in [4.69, 9.17) is 9.72 Å². The highest BCUT2D eigenvalue weighted by molar-refractivity contribution is 7.85. The second-order valence-corrected chi connectivity index (χ2v) is 14.3. The molecular formula is C28H45N5O4S. The second kappa shape index (κ2) is 12.1. The molecule has 2 aliphatic rings. The predicted molar refractivity (Wildman–Crippen MR) is 153 cm³/mol. The van der Waals surface area contributed by atoms with E-state index in [1.807, 2.05) is 52.5 Å². The molecule has 2 saturated heterocycles. The van der Waals surface area contributed by atoms with Crippen LogP contribution < -0.4 is 4.90 Å². The van der Waals surface area contributed by atoms with Gasteiger partial charge in [0.05, 0.1) is 22.5 Å². The third kappa shape index (κ3) is 7.77. The lowest BCUT2D eigenvalue weighted by Gasteiger charge is -2.30. The number of carbonyl (C=O) groups excluding carboxylic acids is 2. The Bertz CT molecular complexity index is 1070. The smallest absolute Gasteiger partial charge is 0.410 e. The van der Waals surface area contributed by atoms with Gasteiger partial charge in [0.25, 0.3) is 5.91 Å². The van der Waals surface area contributed by atoms with Crippen LogP contribution in [0.3, 0.4) is 0 Å². The topological polar surface area (TPSA) is 95.4 Å². The molecule has 38 heavy (non-hydrogen) atoms. The van der Waals surface area contributed by atoms with E-state index in [1.54, 1.807) is 7.05 Å². The summed E-state index contributed by atoms with van der Waals surface area (Å²) in [5, 5.41) is 0. The Hall–Kier alpha value is -2.49. The number of likely N-dealkylation sites (tertiary alicyclic amines) is 1. The Morgan fingerprint density at radius 1 is 1.13 bits per heavy atom. The zero-order valence-electron chi connectivity index (χ0n) is 24.4. The molecule has 0 radical (unpaired) electrons. The van der Waals surface area contributed by atoms with Gasteiger partial charge in [-0.05, 0) is 86.6 Å². The molecule has 2 atom stereocenters. The van der Waals surface area contributed by atoms with E-state index in [2.05, 4.69) is 16.2 Å². The van der Waals surface area contributed by atoms with Crippen molar-refractivity contribution in [1.82, 2.24) is 14.8 Å². The fourth-order valence-electron chi connectivity index (χ4n) is 4.61. The van der Waals surface area contributed by atoms with Crippen LogP contribution in [-0.4, -0.2) is 80.3 Å². The average molecular weight is 548 g/mol. The van der Waals surface area contributed by atoms with Crippen LogP contribution in [0.1, 0.15) is 102 Å². The molecule has 1 aromatic rings. The van der Waals surface area contributed by atoms with Gasteiger partial charge in [0.2, 0.25) is 0 Å². The monoisotopic (exact) mass is 547 g/mol. The molecule has 3 rings (SSSR count). The number of nitrogens with zero attached hydrogens (tertiary/aromatic N) is 5. The lowest BCUT2D eigenvalue weighted by Crippen LogP contribution is -2.37. The van der Waals surface area contributed by atoms with Crippen LogP contribution in [0.25, 0.3) is 0 Å². The van der Waals surface area contributed by atoms with E-state index in [1.165, 1.54) is 11.1 Å². The van der Waals surface area contributed by atoms with Gasteiger partial charge >= 0.3 is 6.09 Å². The Morgan fingerprint density at radius 2 is 1.79 bits per heavy atom. The number of ether oxygens (including phenoxy) is 1. The molecule has 0 N–H and O–H groups in total. The third-order valence-electron chi connectivity index (χ3n) is 6.74. The SMILES string of the molecule is C[C@@H]1CCCN1c1cc(C(=O)N2CCCCC2)c(C=N[S@@](=O)C(C)(C)C)c(CN(C)C(=O)OC(C)(C)C)n1. The summed E-state index contributed by atoms with van der Waals surface area (Å²) in [7, 11) is 0.135. The van der Waals surface area contributed by atoms with Crippen LogP contribution in [0, 0.1) is 0 Å². The number of hydrogen-bond acceptors (Lipinski definition) is 6. The number of piperidine rings is 1. The number of amides is 2. The van der Waals surface area contributed by atoms with E-state index in [0.717, 1.165) is 44.5 Å². The summed E-state index contributed by atoms with van der Waals surface area (Å²) in [6, 6.07) is 2.15. The van der Waals surface area contributed by atoms with Crippen molar-refractivity contribution in [2.45, 2.75) is 104 Å². The zero-order chi connectivity index (χ0) is 28.3. The highest BCUT2D eigenvalue weighted by Gasteiger charge is 2.29. The summed E-state index contributed by atoms with van der Waals surface area (Å²) in [4.78, 5) is 37.3. The van der Waals surface area contributed by atoms with Gasteiger partial charge in [0, 0.05) is 44.5 Å². The fourth-order valence-corrected chi connectivity index (χ4v) is 5.13. The maximum absolute atomic E-state index is 13.9. The second-order valence-electron chi connectivity index (χ2n) is 12.4. The minimum atomic E-state index is -1.52. The summed E-state index contributed by atoms with van der Waals surface area (Å²) >= 11 is 0. The largest absolute Gasteiger partial charge is 0.444 e. The first-order valence-corrected chi connectivity index (χ1v) is 14.8.